The molecule has 2 aromatic rings. The van der Waals surface area contributed by atoms with Crippen molar-refractivity contribution in [2.45, 2.75) is 25.7 Å². The van der Waals surface area contributed by atoms with E-state index >= 15 is 0 Å². The van der Waals surface area contributed by atoms with Gasteiger partial charge >= 0.3 is 0 Å². The molecule has 0 aromatic heterocycles. The fraction of sp³-hybridized carbons (Fsp3) is 0.278. The summed E-state index contributed by atoms with van der Waals surface area (Å²) in [4.78, 5) is 11.8. The normalized spacial score (nSPS) is 10.3. The van der Waals surface area contributed by atoms with E-state index in [1.54, 1.807) is 0 Å². The smallest absolute Gasteiger partial charge is 0.212 e. The lowest BCUT2D eigenvalue weighted by molar-refractivity contribution is -0.128. The van der Waals surface area contributed by atoms with E-state index in [4.69, 9.17) is 0 Å². The standard InChI is InChI=1S/C18H20NO2/c20-18(13-7-12-16-8-3-1-4-9-16)19(21)15-14-17-10-5-2-6-11-17/h1-6,8-11H,7,12-15H2/q-1. The van der Waals surface area contributed by atoms with Crippen LogP contribution in [0.2, 0.25) is 0 Å². The van der Waals surface area contributed by atoms with Crippen LogP contribution in [0.4, 0.5) is 0 Å². The van der Waals surface area contributed by atoms with Gasteiger partial charge in [0.1, 0.15) is 0 Å². The molecule has 0 bridgehead atoms. The molecule has 0 atom stereocenters. The minimum absolute atomic E-state index is 0.230. The predicted molar refractivity (Wildman–Crippen MR) is 84.6 cm³/mol. The number of carbonyl (C=O) groups excluding carboxylic acids is 1. The Balaban J connectivity index is 1.68. The van der Waals surface area contributed by atoms with Gasteiger partial charge in [-0.25, -0.2) is 0 Å². The van der Waals surface area contributed by atoms with Crippen LogP contribution in [0, 0.1) is 5.21 Å². The van der Waals surface area contributed by atoms with Crippen molar-refractivity contribution in [2.24, 2.45) is 0 Å². The van der Waals surface area contributed by atoms with Crippen LogP contribution in [-0.4, -0.2) is 17.5 Å². The number of benzene rings is 2. The van der Waals surface area contributed by atoms with E-state index < -0.39 is 0 Å². The monoisotopic (exact) mass is 282 g/mol. The Hall–Kier alpha value is -2.13. The Labute approximate surface area is 125 Å². The number of rotatable bonds is 7. The van der Waals surface area contributed by atoms with Gasteiger partial charge in [-0.3, -0.25) is 4.79 Å². The molecule has 2 aromatic carbocycles. The van der Waals surface area contributed by atoms with Gasteiger partial charge in [-0.1, -0.05) is 60.7 Å². The first-order valence-corrected chi connectivity index (χ1v) is 7.31. The van der Waals surface area contributed by atoms with E-state index in [1.165, 1.54) is 5.56 Å². The van der Waals surface area contributed by atoms with Crippen molar-refractivity contribution in [1.29, 1.82) is 0 Å². The quantitative estimate of drug-likeness (QED) is 0.728. The Kier molecular flexibility index (Phi) is 5.98. The number of aryl methyl sites for hydroxylation is 1. The van der Waals surface area contributed by atoms with E-state index in [9.17, 15) is 10.0 Å². The summed E-state index contributed by atoms with van der Waals surface area (Å²) in [6.45, 7) is 0.230. The highest BCUT2D eigenvalue weighted by atomic mass is 16.5. The molecule has 21 heavy (non-hydrogen) atoms. The van der Waals surface area contributed by atoms with Crippen LogP contribution in [0.15, 0.2) is 60.7 Å². The second kappa shape index (κ2) is 8.22. The van der Waals surface area contributed by atoms with E-state index in [2.05, 4.69) is 0 Å². The second-order valence-electron chi connectivity index (χ2n) is 5.07. The van der Waals surface area contributed by atoms with Crippen molar-refractivity contribution in [3.63, 3.8) is 0 Å². The molecule has 0 heterocycles. The van der Waals surface area contributed by atoms with Crippen molar-refractivity contribution in [2.75, 3.05) is 6.54 Å². The van der Waals surface area contributed by atoms with E-state index in [1.807, 2.05) is 60.7 Å². The first-order chi connectivity index (χ1) is 10.3. The second-order valence-corrected chi connectivity index (χ2v) is 5.07. The van der Waals surface area contributed by atoms with Crippen molar-refractivity contribution >= 4 is 5.91 Å². The van der Waals surface area contributed by atoms with Crippen molar-refractivity contribution in [3.05, 3.63) is 77.0 Å². The van der Waals surface area contributed by atoms with Crippen LogP contribution in [0.25, 0.3) is 0 Å². The lowest BCUT2D eigenvalue weighted by Gasteiger charge is -2.28. The first kappa shape index (κ1) is 15.3. The summed E-state index contributed by atoms with van der Waals surface area (Å²) >= 11 is 0. The molecular weight excluding hydrogens is 262 g/mol. The zero-order valence-electron chi connectivity index (χ0n) is 12.1. The van der Waals surface area contributed by atoms with Gasteiger partial charge in [0.05, 0.1) is 0 Å². The fourth-order valence-electron chi connectivity index (χ4n) is 2.21. The van der Waals surface area contributed by atoms with Gasteiger partial charge in [0.15, 0.2) is 0 Å². The minimum atomic E-state index is -0.318. The van der Waals surface area contributed by atoms with Crippen molar-refractivity contribution < 1.29 is 4.79 Å². The van der Waals surface area contributed by atoms with Gasteiger partial charge in [0.2, 0.25) is 5.91 Å². The number of hydrogen-bond acceptors (Lipinski definition) is 2. The van der Waals surface area contributed by atoms with Crippen LogP contribution >= 0.6 is 0 Å². The Morgan fingerprint density at radius 2 is 1.38 bits per heavy atom. The third-order valence-corrected chi connectivity index (χ3v) is 3.42. The molecule has 0 saturated carbocycles. The molecule has 0 aliphatic heterocycles. The number of hydrogen-bond donors (Lipinski definition) is 0. The maximum Gasteiger partial charge on any atom is 0.212 e. The third-order valence-electron chi connectivity index (χ3n) is 3.42. The Bertz CT molecular complexity index is 540. The molecule has 3 heteroatoms. The molecule has 110 valence electrons. The average molecular weight is 282 g/mol. The van der Waals surface area contributed by atoms with Gasteiger partial charge in [0.25, 0.3) is 0 Å². The zero-order chi connectivity index (χ0) is 14.9. The molecule has 0 fully saturated rings. The zero-order valence-corrected chi connectivity index (χ0v) is 12.1. The molecular formula is C18H20NO2-. The summed E-state index contributed by atoms with van der Waals surface area (Å²) in [5, 5.41) is 12.3. The summed E-state index contributed by atoms with van der Waals surface area (Å²) < 4.78 is 0. The van der Waals surface area contributed by atoms with Gasteiger partial charge < -0.3 is 10.3 Å². The highest BCUT2D eigenvalue weighted by molar-refractivity contribution is 5.76. The predicted octanol–water partition coefficient (Wildman–Crippen LogP) is 3.58. The SMILES string of the molecule is O=C(CCCc1ccccc1)N([O-])CCc1ccccc1. The highest BCUT2D eigenvalue weighted by Crippen LogP contribution is 2.07. The maximum atomic E-state index is 11.8. The lowest BCUT2D eigenvalue weighted by Crippen LogP contribution is -2.26. The average Bonchev–Trinajstić information content (AvgIpc) is 2.54. The molecule has 0 saturated heterocycles. The maximum absolute atomic E-state index is 11.8. The van der Waals surface area contributed by atoms with Crippen LogP contribution in [0.5, 0.6) is 0 Å². The first-order valence-electron chi connectivity index (χ1n) is 7.31. The molecule has 3 nitrogen and oxygen atoms in total. The molecule has 0 spiro atoms. The number of nitrogens with zero attached hydrogens (tertiary/aromatic N) is 1. The van der Waals surface area contributed by atoms with E-state index in [0.717, 1.165) is 12.0 Å². The summed E-state index contributed by atoms with van der Waals surface area (Å²) in [7, 11) is 0. The van der Waals surface area contributed by atoms with Gasteiger partial charge in [-0.15, -0.1) is 0 Å². The van der Waals surface area contributed by atoms with Gasteiger partial charge in [-0.2, -0.15) is 0 Å². The summed E-state index contributed by atoms with van der Waals surface area (Å²) in [5.74, 6) is -0.318. The number of carbonyl (C=O) groups is 1. The largest absolute Gasteiger partial charge is 0.756 e. The van der Waals surface area contributed by atoms with Gasteiger partial charge in [-0.05, 0) is 30.4 Å². The molecule has 1 amide bonds. The molecule has 0 N–H and O–H groups in total. The van der Waals surface area contributed by atoms with E-state index in [-0.39, 0.29) is 12.5 Å². The van der Waals surface area contributed by atoms with Crippen LogP contribution in [0.3, 0.4) is 0 Å². The van der Waals surface area contributed by atoms with Crippen molar-refractivity contribution in [1.82, 2.24) is 5.06 Å². The van der Waals surface area contributed by atoms with Crippen LogP contribution < -0.4 is 0 Å². The van der Waals surface area contributed by atoms with Crippen LogP contribution in [-0.2, 0) is 17.6 Å². The van der Waals surface area contributed by atoms with Crippen LogP contribution in [0.1, 0.15) is 24.0 Å². The molecule has 2 rings (SSSR count). The number of amides is 1. The molecule has 0 aliphatic carbocycles. The summed E-state index contributed by atoms with van der Waals surface area (Å²) in [6.07, 6.45) is 2.47. The van der Waals surface area contributed by atoms with E-state index in [0.29, 0.717) is 24.3 Å². The topological polar surface area (TPSA) is 43.4 Å². The molecule has 0 unspecified atom stereocenters. The third kappa shape index (κ3) is 5.40. The van der Waals surface area contributed by atoms with Gasteiger partial charge in [0, 0.05) is 13.0 Å². The van der Waals surface area contributed by atoms with Crippen molar-refractivity contribution in [3.8, 4) is 0 Å². The minimum Gasteiger partial charge on any atom is -0.756 e. The number of hydroxylamine groups is 2. The fourth-order valence-corrected chi connectivity index (χ4v) is 2.21. The highest BCUT2D eigenvalue weighted by Gasteiger charge is 2.04. The molecule has 0 radical (unpaired) electrons. The summed E-state index contributed by atoms with van der Waals surface area (Å²) in [6, 6.07) is 19.8. The Morgan fingerprint density at radius 1 is 0.857 bits per heavy atom. The Morgan fingerprint density at radius 3 is 1.95 bits per heavy atom. The summed E-state index contributed by atoms with van der Waals surface area (Å²) in [5.41, 5.74) is 2.28. The molecule has 0 aliphatic rings. The lowest BCUT2D eigenvalue weighted by atomic mass is 10.1.